The van der Waals surface area contributed by atoms with Crippen molar-refractivity contribution in [2.75, 3.05) is 48.4 Å². The van der Waals surface area contributed by atoms with Gasteiger partial charge in [-0.25, -0.2) is 9.97 Å². The summed E-state index contributed by atoms with van der Waals surface area (Å²) in [7, 11) is 1.68. The Morgan fingerprint density at radius 2 is 1.93 bits per heavy atom. The number of hydrogen-bond acceptors (Lipinski definition) is 7. The van der Waals surface area contributed by atoms with E-state index in [0.717, 1.165) is 61.1 Å². The number of fused-ring (bicyclic) bond motifs is 1. The molecule has 0 bridgehead atoms. The summed E-state index contributed by atoms with van der Waals surface area (Å²) >= 11 is 1.72. The average Bonchev–Trinajstić information content (AvgIpc) is 3.53. The fourth-order valence-corrected chi connectivity index (χ4v) is 4.53. The quantitative estimate of drug-likeness (QED) is 0.697. The number of nitrogens with one attached hydrogen (secondary N) is 1. The van der Waals surface area contributed by atoms with Gasteiger partial charge in [0.05, 0.1) is 29.2 Å². The van der Waals surface area contributed by atoms with Gasteiger partial charge in [-0.3, -0.25) is 4.79 Å². The summed E-state index contributed by atoms with van der Waals surface area (Å²) in [6.07, 6.45) is 3.84. The Bertz CT molecular complexity index is 1020. The maximum absolute atomic E-state index is 11.9. The Hall–Kier alpha value is -2.87. The lowest BCUT2D eigenvalue weighted by atomic mass is 10.3. The molecule has 1 saturated heterocycles. The van der Waals surface area contributed by atoms with E-state index in [0.29, 0.717) is 5.82 Å². The number of methoxy groups -OCH3 is 1. The second-order valence-corrected chi connectivity index (χ2v) is 8.48. The van der Waals surface area contributed by atoms with Crippen molar-refractivity contribution in [1.82, 2.24) is 9.97 Å². The molecule has 0 atom stereocenters. The standard InChI is InChI=1S/C21H23N5O2S/c1-28-16-5-6-18-17(12-16)23-21(29-18)26-10-8-25(9-11-26)15-4-7-19(22-13-15)24-20(27)14-2-3-14/h4-7,12-14H,2-3,8-11H2,1H3,(H,22,24,27). The third-order valence-corrected chi connectivity index (χ3v) is 6.54. The molecule has 3 heterocycles. The fourth-order valence-electron chi connectivity index (χ4n) is 3.53. The van der Waals surface area contributed by atoms with Gasteiger partial charge in [-0.15, -0.1) is 0 Å². The van der Waals surface area contributed by atoms with Gasteiger partial charge in [0.2, 0.25) is 5.91 Å². The molecule has 1 amide bonds. The molecular weight excluding hydrogens is 386 g/mol. The first-order valence-corrected chi connectivity index (χ1v) is 10.7. The zero-order valence-corrected chi connectivity index (χ0v) is 17.1. The number of hydrogen-bond donors (Lipinski definition) is 1. The van der Waals surface area contributed by atoms with Crippen LogP contribution in [0.25, 0.3) is 10.2 Å². The van der Waals surface area contributed by atoms with Crippen molar-refractivity contribution in [3.8, 4) is 5.75 Å². The minimum Gasteiger partial charge on any atom is -0.497 e. The Morgan fingerprint density at radius 3 is 2.62 bits per heavy atom. The summed E-state index contributed by atoms with van der Waals surface area (Å²) in [4.78, 5) is 25.7. The van der Waals surface area contributed by atoms with E-state index in [4.69, 9.17) is 9.72 Å². The van der Waals surface area contributed by atoms with Crippen LogP contribution in [0, 0.1) is 5.92 Å². The number of piperazine rings is 1. The first kappa shape index (κ1) is 18.2. The minimum absolute atomic E-state index is 0.0901. The number of amides is 1. The van der Waals surface area contributed by atoms with Crippen LogP contribution in [-0.4, -0.2) is 49.2 Å². The fraction of sp³-hybridized carbons (Fsp3) is 0.381. The van der Waals surface area contributed by atoms with Gasteiger partial charge >= 0.3 is 0 Å². The van der Waals surface area contributed by atoms with Crippen LogP contribution >= 0.6 is 11.3 Å². The number of nitrogens with zero attached hydrogens (tertiary/aromatic N) is 4. The van der Waals surface area contributed by atoms with Crippen LogP contribution in [0.2, 0.25) is 0 Å². The van der Waals surface area contributed by atoms with Gasteiger partial charge in [-0.2, -0.15) is 0 Å². The van der Waals surface area contributed by atoms with Crippen molar-refractivity contribution in [3.05, 3.63) is 36.5 Å². The molecule has 1 N–H and O–H groups in total. The van der Waals surface area contributed by atoms with E-state index < -0.39 is 0 Å². The van der Waals surface area contributed by atoms with Crippen LogP contribution in [-0.2, 0) is 4.79 Å². The molecule has 7 nitrogen and oxygen atoms in total. The van der Waals surface area contributed by atoms with Gasteiger partial charge in [-0.05, 0) is 37.1 Å². The minimum atomic E-state index is 0.0901. The molecule has 0 spiro atoms. The third-order valence-electron chi connectivity index (χ3n) is 5.45. The van der Waals surface area contributed by atoms with Crippen molar-refractivity contribution < 1.29 is 9.53 Å². The lowest BCUT2D eigenvalue weighted by molar-refractivity contribution is -0.117. The highest BCUT2D eigenvalue weighted by Gasteiger charge is 2.29. The normalized spacial score (nSPS) is 16.9. The molecule has 0 radical (unpaired) electrons. The number of benzene rings is 1. The maximum Gasteiger partial charge on any atom is 0.228 e. The van der Waals surface area contributed by atoms with Crippen LogP contribution < -0.4 is 19.9 Å². The highest BCUT2D eigenvalue weighted by atomic mass is 32.1. The van der Waals surface area contributed by atoms with E-state index in [1.165, 1.54) is 4.70 Å². The molecule has 2 aromatic heterocycles. The van der Waals surface area contributed by atoms with E-state index in [1.807, 2.05) is 30.5 Å². The van der Waals surface area contributed by atoms with Crippen LogP contribution in [0.1, 0.15) is 12.8 Å². The molecule has 2 aliphatic rings. The Morgan fingerprint density at radius 1 is 1.14 bits per heavy atom. The number of carbonyl (C=O) groups excluding carboxylic acids is 1. The highest BCUT2D eigenvalue weighted by Crippen LogP contribution is 2.32. The number of ether oxygens (including phenoxy) is 1. The van der Waals surface area contributed by atoms with Crippen molar-refractivity contribution in [2.24, 2.45) is 5.92 Å². The molecule has 2 fully saturated rings. The van der Waals surface area contributed by atoms with Crippen LogP contribution in [0.3, 0.4) is 0 Å². The predicted molar refractivity (Wildman–Crippen MR) is 116 cm³/mol. The molecule has 29 heavy (non-hydrogen) atoms. The van der Waals surface area contributed by atoms with E-state index >= 15 is 0 Å². The Kier molecular flexibility index (Phi) is 4.71. The van der Waals surface area contributed by atoms with Crippen molar-refractivity contribution in [1.29, 1.82) is 0 Å². The summed E-state index contributed by atoms with van der Waals surface area (Å²) in [5.41, 5.74) is 2.07. The molecular formula is C21H23N5O2S. The molecule has 1 saturated carbocycles. The van der Waals surface area contributed by atoms with Crippen LogP contribution in [0.5, 0.6) is 5.75 Å². The van der Waals surface area contributed by atoms with E-state index in [-0.39, 0.29) is 11.8 Å². The average molecular weight is 410 g/mol. The third kappa shape index (κ3) is 3.85. The first-order chi connectivity index (χ1) is 14.2. The molecule has 5 rings (SSSR count). The monoisotopic (exact) mass is 409 g/mol. The van der Waals surface area contributed by atoms with Crippen LogP contribution in [0.15, 0.2) is 36.5 Å². The van der Waals surface area contributed by atoms with Crippen molar-refractivity contribution >= 4 is 44.1 Å². The Balaban J connectivity index is 1.21. The first-order valence-electron chi connectivity index (χ1n) is 9.91. The summed E-state index contributed by atoms with van der Waals surface area (Å²) < 4.78 is 6.48. The predicted octanol–water partition coefficient (Wildman–Crippen LogP) is 3.38. The van der Waals surface area contributed by atoms with Crippen LogP contribution in [0.4, 0.5) is 16.6 Å². The highest BCUT2D eigenvalue weighted by molar-refractivity contribution is 7.22. The van der Waals surface area contributed by atoms with E-state index in [1.54, 1.807) is 18.4 Å². The lowest BCUT2D eigenvalue weighted by Gasteiger charge is -2.35. The molecule has 0 unspecified atom stereocenters. The topological polar surface area (TPSA) is 70.6 Å². The summed E-state index contributed by atoms with van der Waals surface area (Å²) in [6, 6.07) is 9.96. The second-order valence-electron chi connectivity index (χ2n) is 7.47. The molecule has 1 aliphatic carbocycles. The zero-order chi connectivity index (χ0) is 19.8. The smallest absolute Gasteiger partial charge is 0.228 e. The summed E-state index contributed by atoms with van der Waals surface area (Å²) in [5, 5.41) is 3.95. The van der Waals surface area contributed by atoms with Gasteiger partial charge in [-0.1, -0.05) is 11.3 Å². The number of carbonyl (C=O) groups is 1. The largest absolute Gasteiger partial charge is 0.497 e. The van der Waals surface area contributed by atoms with Gasteiger partial charge in [0.15, 0.2) is 5.13 Å². The van der Waals surface area contributed by atoms with Gasteiger partial charge in [0.25, 0.3) is 0 Å². The molecule has 150 valence electrons. The van der Waals surface area contributed by atoms with Gasteiger partial charge in [0, 0.05) is 38.2 Å². The zero-order valence-electron chi connectivity index (χ0n) is 16.3. The number of aromatic nitrogens is 2. The molecule has 3 aromatic rings. The summed E-state index contributed by atoms with van der Waals surface area (Å²) in [5.74, 6) is 1.75. The molecule has 8 heteroatoms. The van der Waals surface area contributed by atoms with E-state index in [9.17, 15) is 4.79 Å². The number of thiazole rings is 1. The van der Waals surface area contributed by atoms with Crippen molar-refractivity contribution in [3.63, 3.8) is 0 Å². The number of pyridine rings is 1. The van der Waals surface area contributed by atoms with E-state index in [2.05, 4.69) is 26.2 Å². The van der Waals surface area contributed by atoms with Crippen molar-refractivity contribution in [2.45, 2.75) is 12.8 Å². The maximum atomic E-state index is 11.9. The number of rotatable bonds is 5. The van der Waals surface area contributed by atoms with Gasteiger partial charge in [0.1, 0.15) is 11.6 Å². The van der Waals surface area contributed by atoms with Gasteiger partial charge < -0.3 is 19.9 Å². The lowest BCUT2D eigenvalue weighted by Crippen LogP contribution is -2.46. The second kappa shape index (κ2) is 7.51. The Labute approximate surface area is 173 Å². The molecule has 1 aliphatic heterocycles. The summed E-state index contributed by atoms with van der Waals surface area (Å²) in [6.45, 7) is 3.65. The molecule has 1 aromatic carbocycles. The SMILES string of the molecule is COc1ccc2sc(N3CCN(c4ccc(NC(=O)C5CC5)nc4)CC3)nc2c1. The number of anilines is 3.